The lowest BCUT2D eigenvalue weighted by Gasteiger charge is -1.99. The van der Waals surface area contributed by atoms with E-state index in [0.717, 1.165) is 16.9 Å². The molecule has 0 spiro atoms. The smallest absolute Gasteiger partial charge is 0.409 e. The van der Waals surface area contributed by atoms with Crippen molar-refractivity contribution in [2.75, 3.05) is 0 Å². The van der Waals surface area contributed by atoms with E-state index >= 15 is 0 Å². The van der Waals surface area contributed by atoms with Gasteiger partial charge in [0.05, 0.1) is 10.8 Å². The fourth-order valence-corrected chi connectivity index (χ4v) is 2.07. The van der Waals surface area contributed by atoms with Gasteiger partial charge in [-0.1, -0.05) is 16.4 Å². The molecule has 10 heteroatoms. The van der Waals surface area contributed by atoms with Crippen LogP contribution < -0.4 is 5.49 Å². The molecule has 0 unspecified atom stereocenters. The largest absolute Gasteiger partial charge is 0.438 e. The molecule has 0 aliphatic heterocycles. The van der Waals surface area contributed by atoms with Crippen molar-refractivity contribution in [2.24, 2.45) is 4.99 Å². The fraction of sp³-hybridized carbons (Fsp3) is 0. The van der Waals surface area contributed by atoms with Gasteiger partial charge in [-0.05, 0) is 58.3 Å². The summed E-state index contributed by atoms with van der Waals surface area (Å²) < 4.78 is 12.9. The van der Waals surface area contributed by atoms with E-state index in [0.29, 0.717) is 15.6 Å². The Bertz CT molecular complexity index is 964. The van der Waals surface area contributed by atoms with Gasteiger partial charge in [-0.2, -0.15) is 0 Å². The van der Waals surface area contributed by atoms with Gasteiger partial charge in [-0.3, -0.25) is 0 Å². The number of nitro groups is 1. The van der Waals surface area contributed by atoms with Crippen LogP contribution in [-0.4, -0.2) is 24.9 Å². The second-order valence-electron chi connectivity index (χ2n) is 4.65. The van der Waals surface area contributed by atoms with Crippen LogP contribution in [0.15, 0.2) is 53.5 Å². The van der Waals surface area contributed by atoms with Gasteiger partial charge in [0.1, 0.15) is 11.5 Å². The number of halogens is 2. The lowest BCUT2D eigenvalue weighted by molar-refractivity contribution is -0.391. The Balaban J connectivity index is 2.20. The standard InChI is InChI=1S/C14H9ClFN5O3/c15-9-1-7-12(8-2-9)19-18-14(21(23)24)13(20(19)22)17-11-5-3-10(16)4-6-11/h1-8,22H. The van der Waals surface area contributed by atoms with Crippen molar-refractivity contribution in [3.8, 4) is 5.69 Å². The van der Waals surface area contributed by atoms with Crippen LogP contribution in [0.1, 0.15) is 0 Å². The summed E-state index contributed by atoms with van der Waals surface area (Å²) in [5.41, 5.74) is 0.157. The molecule has 0 aliphatic rings. The lowest BCUT2D eigenvalue weighted by atomic mass is 10.3. The van der Waals surface area contributed by atoms with Crippen LogP contribution in [0.5, 0.6) is 0 Å². The summed E-state index contributed by atoms with van der Waals surface area (Å²) in [6.07, 6.45) is 0. The van der Waals surface area contributed by atoms with E-state index in [2.05, 4.69) is 10.1 Å². The Morgan fingerprint density at radius 3 is 2.38 bits per heavy atom. The highest BCUT2D eigenvalue weighted by Gasteiger charge is 2.24. The van der Waals surface area contributed by atoms with Gasteiger partial charge in [-0.25, -0.2) is 9.38 Å². The van der Waals surface area contributed by atoms with Crippen molar-refractivity contribution in [2.45, 2.75) is 0 Å². The normalized spacial score (nSPS) is 11.7. The van der Waals surface area contributed by atoms with Crippen molar-refractivity contribution < 1.29 is 14.5 Å². The van der Waals surface area contributed by atoms with E-state index in [4.69, 9.17) is 11.6 Å². The van der Waals surface area contributed by atoms with Gasteiger partial charge in [-0.15, -0.1) is 0 Å². The molecule has 0 saturated heterocycles. The average molecular weight is 350 g/mol. The number of rotatable bonds is 3. The second-order valence-corrected chi connectivity index (χ2v) is 5.08. The Morgan fingerprint density at radius 2 is 1.79 bits per heavy atom. The van der Waals surface area contributed by atoms with E-state index in [9.17, 15) is 19.7 Å². The first-order chi connectivity index (χ1) is 11.5. The highest BCUT2D eigenvalue weighted by Crippen LogP contribution is 2.15. The van der Waals surface area contributed by atoms with E-state index < -0.39 is 22.0 Å². The van der Waals surface area contributed by atoms with Gasteiger partial charge in [0.15, 0.2) is 0 Å². The van der Waals surface area contributed by atoms with Crippen molar-refractivity contribution >= 4 is 23.1 Å². The van der Waals surface area contributed by atoms with Gasteiger partial charge < -0.3 is 15.3 Å². The van der Waals surface area contributed by atoms with Crippen molar-refractivity contribution in [3.63, 3.8) is 0 Å². The van der Waals surface area contributed by atoms with Gasteiger partial charge in [0.2, 0.25) is 0 Å². The molecular formula is C14H9ClFN5O3. The Hall–Kier alpha value is -3.20. The van der Waals surface area contributed by atoms with E-state index in [-0.39, 0.29) is 5.69 Å². The van der Waals surface area contributed by atoms with Crippen LogP contribution in [0, 0.1) is 15.9 Å². The molecule has 8 nitrogen and oxygen atoms in total. The number of aromatic nitrogens is 3. The molecule has 0 radical (unpaired) electrons. The molecule has 3 rings (SSSR count). The zero-order valence-electron chi connectivity index (χ0n) is 11.9. The van der Waals surface area contributed by atoms with Crippen LogP contribution in [-0.2, 0) is 0 Å². The first-order valence-corrected chi connectivity index (χ1v) is 6.96. The second kappa shape index (κ2) is 6.13. The molecule has 0 bridgehead atoms. The van der Waals surface area contributed by atoms with Crippen molar-refractivity contribution in [1.29, 1.82) is 0 Å². The third-order valence-corrected chi connectivity index (χ3v) is 3.30. The number of hydrogen-bond acceptors (Lipinski definition) is 5. The molecule has 0 fully saturated rings. The molecule has 24 heavy (non-hydrogen) atoms. The lowest BCUT2D eigenvalue weighted by Crippen LogP contribution is -2.22. The monoisotopic (exact) mass is 349 g/mol. The Labute approximate surface area is 138 Å². The minimum Gasteiger partial charge on any atom is -0.409 e. The Morgan fingerprint density at radius 1 is 1.17 bits per heavy atom. The number of nitrogens with zero attached hydrogens (tertiary/aromatic N) is 5. The predicted octanol–water partition coefficient (Wildman–Crippen LogP) is 2.84. The van der Waals surface area contributed by atoms with Gasteiger partial charge in [0, 0.05) is 5.02 Å². The highest BCUT2D eigenvalue weighted by molar-refractivity contribution is 6.30. The fourth-order valence-electron chi connectivity index (χ4n) is 1.95. The summed E-state index contributed by atoms with van der Waals surface area (Å²) in [7, 11) is 0. The Kier molecular flexibility index (Phi) is 4.00. The van der Waals surface area contributed by atoms with Crippen molar-refractivity contribution in [1.82, 2.24) is 14.7 Å². The van der Waals surface area contributed by atoms with Crippen LogP contribution in [0.4, 0.5) is 15.9 Å². The molecule has 0 saturated carbocycles. The average Bonchev–Trinajstić information content (AvgIpc) is 2.88. The molecule has 2 aromatic carbocycles. The van der Waals surface area contributed by atoms with Gasteiger partial charge >= 0.3 is 5.82 Å². The van der Waals surface area contributed by atoms with Crippen molar-refractivity contribution in [3.05, 3.63) is 75.0 Å². The SMILES string of the molecule is O=[N+]([O-])c1nn(-c2ccc(Cl)cc2)n(O)c1=Nc1ccc(F)cc1. The molecule has 122 valence electrons. The maximum absolute atomic E-state index is 12.9. The number of benzene rings is 2. The zero-order chi connectivity index (χ0) is 17.3. The molecule has 1 heterocycles. The van der Waals surface area contributed by atoms with Crippen LogP contribution >= 0.6 is 11.6 Å². The summed E-state index contributed by atoms with van der Waals surface area (Å²) in [4.78, 5) is 15.7. The van der Waals surface area contributed by atoms with E-state index in [1.54, 1.807) is 12.1 Å². The molecule has 0 amide bonds. The number of hydrogen-bond donors (Lipinski definition) is 1. The molecule has 0 aliphatic carbocycles. The van der Waals surface area contributed by atoms with Gasteiger partial charge in [0.25, 0.3) is 5.49 Å². The van der Waals surface area contributed by atoms with Crippen LogP contribution in [0.3, 0.4) is 0 Å². The van der Waals surface area contributed by atoms with E-state index in [1.807, 2.05) is 0 Å². The summed E-state index contributed by atoms with van der Waals surface area (Å²) in [5.74, 6) is -1.13. The third kappa shape index (κ3) is 2.97. The maximum atomic E-state index is 12.9. The summed E-state index contributed by atoms with van der Waals surface area (Å²) >= 11 is 5.79. The summed E-state index contributed by atoms with van der Waals surface area (Å²) in [6, 6.07) is 11.1. The maximum Gasteiger partial charge on any atom is 0.438 e. The molecular weight excluding hydrogens is 341 g/mol. The van der Waals surface area contributed by atoms with Crippen LogP contribution in [0.25, 0.3) is 5.69 Å². The van der Waals surface area contributed by atoms with Crippen LogP contribution in [0.2, 0.25) is 5.02 Å². The zero-order valence-corrected chi connectivity index (χ0v) is 12.6. The summed E-state index contributed by atoms with van der Waals surface area (Å²) in [5, 5.41) is 25.6. The first-order valence-electron chi connectivity index (χ1n) is 6.58. The molecule has 1 aromatic heterocycles. The first kappa shape index (κ1) is 15.7. The molecule has 1 N–H and O–H groups in total. The minimum absolute atomic E-state index is 0.220. The van der Waals surface area contributed by atoms with E-state index in [1.165, 1.54) is 24.3 Å². The predicted molar refractivity (Wildman–Crippen MR) is 82.0 cm³/mol. The summed E-state index contributed by atoms with van der Waals surface area (Å²) in [6.45, 7) is 0. The minimum atomic E-state index is -0.776. The highest BCUT2D eigenvalue weighted by atomic mass is 35.5. The molecule has 0 atom stereocenters. The third-order valence-electron chi connectivity index (χ3n) is 3.05. The topological polar surface area (TPSA) is 98.5 Å². The quantitative estimate of drug-likeness (QED) is 0.446. The molecule has 3 aromatic rings.